The van der Waals surface area contributed by atoms with E-state index in [0.29, 0.717) is 34.4 Å². The first-order valence-corrected chi connectivity index (χ1v) is 9.33. The lowest BCUT2D eigenvalue weighted by atomic mass is 10.2. The number of nitrogens with zero attached hydrogens (tertiary/aromatic N) is 3. The van der Waals surface area contributed by atoms with Gasteiger partial charge < -0.3 is 14.2 Å². The summed E-state index contributed by atoms with van der Waals surface area (Å²) in [5.41, 5.74) is 4.35. The number of benzene rings is 2. The molecule has 0 atom stereocenters. The van der Waals surface area contributed by atoms with Crippen molar-refractivity contribution in [2.75, 3.05) is 21.3 Å². The summed E-state index contributed by atoms with van der Waals surface area (Å²) in [5.74, 6) is 0.987. The molecule has 0 unspecified atom stereocenters. The summed E-state index contributed by atoms with van der Waals surface area (Å²) in [7, 11) is 4.57. The van der Waals surface area contributed by atoms with Gasteiger partial charge in [0.1, 0.15) is 0 Å². The number of methoxy groups -OCH3 is 3. The molecule has 2 aromatic carbocycles. The highest BCUT2D eigenvalue weighted by Crippen LogP contribution is 2.38. The first-order chi connectivity index (χ1) is 14.5. The summed E-state index contributed by atoms with van der Waals surface area (Å²) in [6.45, 7) is 0.524. The van der Waals surface area contributed by atoms with Crippen LogP contribution in [0.1, 0.15) is 21.6 Å². The zero-order chi connectivity index (χ0) is 21.5. The van der Waals surface area contributed by atoms with Gasteiger partial charge in [-0.3, -0.25) is 9.48 Å². The molecule has 30 heavy (non-hydrogen) atoms. The van der Waals surface area contributed by atoms with E-state index in [-0.39, 0.29) is 5.69 Å². The fourth-order valence-corrected chi connectivity index (χ4v) is 2.92. The number of carbonyl (C=O) groups excluding carboxylic acids is 1. The largest absolute Gasteiger partial charge is 0.493 e. The van der Waals surface area contributed by atoms with Crippen molar-refractivity contribution < 1.29 is 19.0 Å². The molecule has 1 aromatic heterocycles. The predicted octanol–water partition coefficient (Wildman–Crippen LogP) is 3.37. The van der Waals surface area contributed by atoms with Gasteiger partial charge in [0.05, 0.1) is 34.1 Å². The van der Waals surface area contributed by atoms with Crippen LogP contribution in [0, 0.1) is 0 Å². The Kier molecular flexibility index (Phi) is 6.92. The molecule has 0 bridgehead atoms. The summed E-state index contributed by atoms with van der Waals surface area (Å²) in [5, 5.41) is 8.94. The first-order valence-electron chi connectivity index (χ1n) is 8.96. The van der Waals surface area contributed by atoms with Gasteiger partial charge in [0, 0.05) is 16.8 Å². The monoisotopic (exact) mass is 428 g/mol. The van der Waals surface area contributed by atoms with Crippen molar-refractivity contribution in [3.63, 3.8) is 0 Å². The Labute approximate surface area is 179 Å². The van der Waals surface area contributed by atoms with Crippen LogP contribution in [-0.4, -0.2) is 43.2 Å². The molecule has 1 heterocycles. The second kappa shape index (κ2) is 9.80. The Bertz CT molecular complexity index is 1050. The molecule has 1 N–H and O–H groups in total. The molecule has 0 saturated carbocycles. The highest BCUT2D eigenvalue weighted by atomic mass is 35.5. The van der Waals surface area contributed by atoms with Gasteiger partial charge in [0.2, 0.25) is 5.75 Å². The molecule has 0 aliphatic heterocycles. The smallest absolute Gasteiger partial charge is 0.291 e. The number of nitrogens with one attached hydrogen (secondary N) is 1. The Hall–Kier alpha value is -3.52. The third-order valence-corrected chi connectivity index (χ3v) is 4.49. The number of hydrogen-bond donors (Lipinski definition) is 1. The Morgan fingerprint density at radius 2 is 1.80 bits per heavy atom. The average Bonchev–Trinajstić information content (AvgIpc) is 3.23. The SMILES string of the molecule is COc1ccc(C=NNC(=O)c2ccn(Cc3ccc(Cl)cc3)n2)c(OC)c1OC. The van der Waals surface area contributed by atoms with Gasteiger partial charge in [-0.25, -0.2) is 5.43 Å². The minimum atomic E-state index is -0.430. The van der Waals surface area contributed by atoms with Crippen LogP contribution in [0.15, 0.2) is 53.8 Å². The average molecular weight is 429 g/mol. The maximum atomic E-state index is 12.3. The predicted molar refractivity (Wildman–Crippen MR) is 114 cm³/mol. The number of hydrogen-bond acceptors (Lipinski definition) is 6. The van der Waals surface area contributed by atoms with E-state index in [9.17, 15) is 4.79 Å². The Morgan fingerprint density at radius 1 is 1.07 bits per heavy atom. The van der Waals surface area contributed by atoms with E-state index in [1.54, 1.807) is 29.1 Å². The molecule has 0 fully saturated rings. The van der Waals surface area contributed by atoms with Crippen LogP contribution < -0.4 is 19.6 Å². The van der Waals surface area contributed by atoms with Gasteiger partial charge in [-0.05, 0) is 35.9 Å². The number of carbonyl (C=O) groups is 1. The summed E-state index contributed by atoms with van der Waals surface area (Å²) >= 11 is 5.89. The zero-order valence-corrected chi connectivity index (χ0v) is 17.5. The zero-order valence-electron chi connectivity index (χ0n) is 16.8. The van der Waals surface area contributed by atoms with E-state index in [1.807, 2.05) is 24.3 Å². The molecule has 3 aromatic rings. The standard InChI is InChI=1S/C21H21ClN4O4/c1-28-18-9-6-15(19(29-2)20(18)30-3)12-23-24-21(27)17-10-11-26(25-17)13-14-4-7-16(22)8-5-14/h4-12H,13H2,1-3H3,(H,24,27). The van der Waals surface area contributed by atoms with Crippen LogP contribution >= 0.6 is 11.6 Å². The summed E-state index contributed by atoms with van der Waals surface area (Å²) in [4.78, 5) is 12.3. The molecule has 156 valence electrons. The van der Waals surface area contributed by atoms with E-state index >= 15 is 0 Å². The molecule has 0 aliphatic carbocycles. The van der Waals surface area contributed by atoms with Crippen molar-refractivity contribution in [3.05, 3.63) is 70.5 Å². The molecule has 0 saturated heterocycles. The number of rotatable bonds is 8. The minimum Gasteiger partial charge on any atom is -0.493 e. The number of halogens is 1. The second-order valence-corrected chi connectivity index (χ2v) is 6.58. The van der Waals surface area contributed by atoms with Crippen LogP contribution in [0.25, 0.3) is 0 Å². The lowest BCUT2D eigenvalue weighted by molar-refractivity contribution is 0.0949. The van der Waals surface area contributed by atoms with Gasteiger partial charge in [-0.15, -0.1) is 0 Å². The van der Waals surface area contributed by atoms with Crippen LogP contribution in [-0.2, 0) is 6.54 Å². The molecule has 3 rings (SSSR count). The highest BCUT2D eigenvalue weighted by Gasteiger charge is 2.15. The van der Waals surface area contributed by atoms with Crippen molar-refractivity contribution in [2.45, 2.75) is 6.54 Å². The maximum absolute atomic E-state index is 12.3. The first kappa shape index (κ1) is 21.2. The van der Waals surface area contributed by atoms with E-state index in [2.05, 4.69) is 15.6 Å². The Morgan fingerprint density at radius 3 is 2.47 bits per heavy atom. The molecular formula is C21H21ClN4O4. The molecule has 0 radical (unpaired) electrons. The maximum Gasteiger partial charge on any atom is 0.291 e. The lowest BCUT2D eigenvalue weighted by Crippen LogP contribution is -2.18. The van der Waals surface area contributed by atoms with E-state index < -0.39 is 5.91 Å². The minimum absolute atomic E-state index is 0.250. The van der Waals surface area contributed by atoms with Crippen molar-refractivity contribution in [1.82, 2.24) is 15.2 Å². The molecule has 0 aliphatic rings. The fraction of sp³-hybridized carbons (Fsp3) is 0.190. The normalized spacial score (nSPS) is 10.8. The third kappa shape index (κ3) is 4.90. The highest BCUT2D eigenvalue weighted by molar-refractivity contribution is 6.30. The third-order valence-electron chi connectivity index (χ3n) is 4.24. The second-order valence-electron chi connectivity index (χ2n) is 6.15. The van der Waals surface area contributed by atoms with E-state index in [4.69, 9.17) is 25.8 Å². The fourth-order valence-electron chi connectivity index (χ4n) is 2.79. The van der Waals surface area contributed by atoms with Gasteiger partial charge in [-0.1, -0.05) is 23.7 Å². The van der Waals surface area contributed by atoms with Gasteiger partial charge in [-0.2, -0.15) is 10.2 Å². The molecule has 9 heteroatoms. The number of hydrazone groups is 1. The van der Waals surface area contributed by atoms with Gasteiger partial charge in [0.25, 0.3) is 5.91 Å². The van der Waals surface area contributed by atoms with Crippen molar-refractivity contribution in [2.24, 2.45) is 5.10 Å². The molecule has 0 spiro atoms. The van der Waals surface area contributed by atoms with E-state index in [0.717, 1.165) is 5.56 Å². The quantitative estimate of drug-likeness (QED) is 0.439. The lowest BCUT2D eigenvalue weighted by Gasteiger charge is -2.13. The summed E-state index contributed by atoms with van der Waals surface area (Å²) in [6.07, 6.45) is 3.19. The Balaban J connectivity index is 1.66. The van der Waals surface area contributed by atoms with Crippen molar-refractivity contribution in [1.29, 1.82) is 0 Å². The topological polar surface area (TPSA) is 87.0 Å². The summed E-state index contributed by atoms with van der Waals surface area (Å²) in [6, 6.07) is 12.5. The van der Waals surface area contributed by atoms with Crippen LogP contribution in [0.5, 0.6) is 17.2 Å². The van der Waals surface area contributed by atoms with Crippen LogP contribution in [0.4, 0.5) is 0 Å². The van der Waals surface area contributed by atoms with E-state index in [1.165, 1.54) is 27.5 Å². The van der Waals surface area contributed by atoms with Gasteiger partial charge in [0.15, 0.2) is 17.2 Å². The van der Waals surface area contributed by atoms with Crippen LogP contribution in [0.2, 0.25) is 5.02 Å². The van der Waals surface area contributed by atoms with Crippen molar-refractivity contribution >= 4 is 23.7 Å². The number of aromatic nitrogens is 2. The number of amides is 1. The molecule has 8 nitrogen and oxygen atoms in total. The molecular weight excluding hydrogens is 408 g/mol. The van der Waals surface area contributed by atoms with Crippen molar-refractivity contribution in [3.8, 4) is 17.2 Å². The summed E-state index contributed by atoms with van der Waals surface area (Å²) < 4.78 is 17.6. The van der Waals surface area contributed by atoms with Crippen LogP contribution in [0.3, 0.4) is 0 Å². The number of ether oxygens (including phenoxy) is 3. The molecule has 1 amide bonds. The van der Waals surface area contributed by atoms with Gasteiger partial charge >= 0.3 is 0 Å².